The molecule has 0 radical (unpaired) electrons. The molecule has 1 amide bonds. The predicted octanol–water partition coefficient (Wildman–Crippen LogP) is 4.07. The Morgan fingerprint density at radius 2 is 1.66 bits per heavy atom. The number of para-hydroxylation sites is 3. The van der Waals surface area contributed by atoms with Gasteiger partial charge in [-0.2, -0.15) is 0 Å². The van der Waals surface area contributed by atoms with Crippen molar-refractivity contribution in [2.24, 2.45) is 0 Å². The van der Waals surface area contributed by atoms with E-state index < -0.39 is 28.3 Å². The lowest BCUT2D eigenvalue weighted by Gasteiger charge is -2.24. The van der Waals surface area contributed by atoms with E-state index in [1.165, 1.54) is 49.6 Å². The SMILES string of the molecule is CCOc1ccccc1NC(=O)CN(c1ccccc1F)S(=O)(=O)c1ccc(OC)cc1. The fraction of sp³-hybridized carbons (Fsp3) is 0.174. The summed E-state index contributed by atoms with van der Waals surface area (Å²) in [6.07, 6.45) is 0. The first kappa shape index (κ1) is 23.1. The number of benzene rings is 3. The number of nitrogens with zero attached hydrogens (tertiary/aromatic N) is 1. The number of carbonyl (C=O) groups excluding carboxylic acids is 1. The average molecular weight is 459 g/mol. The highest BCUT2D eigenvalue weighted by atomic mass is 32.2. The Bertz CT molecular complexity index is 1180. The molecule has 0 saturated carbocycles. The van der Waals surface area contributed by atoms with Gasteiger partial charge >= 0.3 is 0 Å². The lowest BCUT2D eigenvalue weighted by molar-refractivity contribution is -0.114. The Kier molecular flexibility index (Phi) is 7.32. The molecule has 0 atom stereocenters. The summed E-state index contributed by atoms with van der Waals surface area (Å²) < 4.78 is 52.6. The number of nitrogens with one attached hydrogen (secondary N) is 1. The quantitative estimate of drug-likeness (QED) is 0.523. The molecular weight excluding hydrogens is 435 g/mol. The van der Waals surface area contributed by atoms with Gasteiger partial charge in [0.1, 0.15) is 23.9 Å². The highest BCUT2D eigenvalue weighted by molar-refractivity contribution is 7.92. The molecule has 32 heavy (non-hydrogen) atoms. The molecule has 0 aliphatic rings. The van der Waals surface area contributed by atoms with Crippen LogP contribution in [0.25, 0.3) is 0 Å². The normalized spacial score (nSPS) is 11.0. The Hall–Kier alpha value is -3.59. The molecule has 168 valence electrons. The van der Waals surface area contributed by atoms with E-state index in [-0.39, 0.29) is 10.6 Å². The average Bonchev–Trinajstić information content (AvgIpc) is 2.79. The van der Waals surface area contributed by atoms with E-state index in [1.807, 2.05) is 0 Å². The monoisotopic (exact) mass is 458 g/mol. The summed E-state index contributed by atoms with van der Waals surface area (Å²) in [5.41, 5.74) is 0.145. The topological polar surface area (TPSA) is 84.9 Å². The molecule has 0 heterocycles. The molecule has 0 spiro atoms. The molecule has 0 unspecified atom stereocenters. The third kappa shape index (κ3) is 5.17. The third-order valence-corrected chi connectivity index (χ3v) is 6.29. The summed E-state index contributed by atoms with van der Waals surface area (Å²) in [6, 6.07) is 17.8. The summed E-state index contributed by atoms with van der Waals surface area (Å²) in [5.74, 6) is -0.518. The minimum absolute atomic E-state index is 0.107. The van der Waals surface area contributed by atoms with Gasteiger partial charge in [0.25, 0.3) is 10.0 Å². The van der Waals surface area contributed by atoms with E-state index in [1.54, 1.807) is 31.2 Å². The molecule has 0 aromatic heterocycles. The van der Waals surface area contributed by atoms with Crippen LogP contribution in [0, 0.1) is 5.82 Å². The third-order valence-electron chi connectivity index (χ3n) is 4.52. The van der Waals surface area contributed by atoms with Crippen molar-refractivity contribution in [2.75, 3.05) is 29.9 Å². The maximum atomic E-state index is 14.6. The van der Waals surface area contributed by atoms with Crippen LogP contribution in [0.3, 0.4) is 0 Å². The number of hydrogen-bond donors (Lipinski definition) is 1. The van der Waals surface area contributed by atoms with Crippen LogP contribution in [0.2, 0.25) is 0 Å². The van der Waals surface area contributed by atoms with E-state index in [2.05, 4.69) is 5.32 Å². The van der Waals surface area contributed by atoms with Gasteiger partial charge in [-0.3, -0.25) is 9.10 Å². The van der Waals surface area contributed by atoms with Gasteiger partial charge in [-0.1, -0.05) is 24.3 Å². The highest BCUT2D eigenvalue weighted by Gasteiger charge is 2.29. The van der Waals surface area contributed by atoms with Crippen molar-refractivity contribution in [2.45, 2.75) is 11.8 Å². The maximum Gasteiger partial charge on any atom is 0.264 e. The van der Waals surface area contributed by atoms with Gasteiger partial charge in [-0.25, -0.2) is 12.8 Å². The van der Waals surface area contributed by atoms with Gasteiger partial charge < -0.3 is 14.8 Å². The van der Waals surface area contributed by atoms with E-state index >= 15 is 0 Å². The number of hydrogen-bond acceptors (Lipinski definition) is 5. The summed E-state index contributed by atoms with van der Waals surface area (Å²) >= 11 is 0. The highest BCUT2D eigenvalue weighted by Crippen LogP contribution is 2.28. The van der Waals surface area contributed by atoms with Gasteiger partial charge in [0.2, 0.25) is 5.91 Å². The van der Waals surface area contributed by atoms with Crippen LogP contribution in [0.4, 0.5) is 15.8 Å². The zero-order chi connectivity index (χ0) is 23.1. The van der Waals surface area contributed by atoms with Crippen molar-refractivity contribution in [1.82, 2.24) is 0 Å². The molecule has 0 aliphatic carbocycles. The molecular formula is C23H23FN2O5S. The largest absolute Gasteiger partial charge is 0.497 e. The fourth-order valence-electron chi connectivity index (χ4n) is 3.00. The molecule has 0 saturated heterocycles. The molecule has 1 N–H and O–H groups in total. The first-order valence-electron chi connectivity index (χ1n) is 9.79. The van der Waals surface area contributed by atoms with Crippen LogP contribution in [0.1, 0.15) is 6.92 Å². The number of sulfonamides is 1. The van der Waals surface area contributed by atoms with Gasteiger partial charge in [-0.05, 0) is 55.5 Å². The number of anilines is 2. The summed E-state index contributed by atoms with van der Waals surface area (Å²) in [6.45, 7) is 1.55. The standard InChI is InChI=1S/C23H23FN2O5S/c1-3-31-22-11-7-5-9-20(22)25-23(27)16-26(21-10-6-4-8-19(21)24)32(28,29)18-14-12-17(30-2)13-15-18/h4-15H,3,16H2,1-2H3,(H,25,27). The van der Waals surface area contributed by atoms with Gasteiger partial charge in [0, 0.05) is 0 Å². The van der Waals surface area contributed by atoms with Gasteiger partial charge in [0.15, 0.2) is 0 Å². The Labute approximate surface area is 186 Å². The van der Waals surface area contributed by atoms with Crippen LogP contribution in [0.15, 0.2) is 77.7 Å². The Morgan fingerprint density at radius 1 is 1.00 bits per heavy atom. The van der Waals surface area contributed by atoms with Gasteiger partial charge in [0.05, 0.1) is 30.0 Å². The smallest absolute Gasteiger partial charge is 0.264 e. The van der Waals surface area contributed by atoms with Crippen LogP contribution in [-0.2, 0) is 14.8 Å². The van der Waals surface area contributed by atoms with E-state index in [9.17, 15) is 17.6 Å². The molecule has 3 aromatic rings. The fourth-order valence-corrected chi connectivity index (χ4v) is 4.43. The van der Waals surface area contributed by atoms with Crippen LogP contribution in [0.5, 0.6) is 11.5 Å². The van der Waals surface area contributed by atoms with E-state index in [0.717, 1.165) is 10.4 Å². The van der Waals surface area contributed by atoms with E-state index in [0.29, 0.717) is 23.8 Å². The van der Waals surface area contributed by atoms with Crippen molar-refractivity contribution in [1.29, 1.82) is 0 Å². The number of ether oxygens (including phenoxy) is 2. The molecule has 3 aromatic carbocycles. The lowest BCUT2D eigenvalue weighted by atomic mass is 10.3. The second kappa shape index (κ2) is 10.1. The zero-order valence-electron chi connectivity index (χ0n) is 17.6. The molecule has 9 heteroatoms. The first-order valence-corrected chi connectivity index (χ1v) is 11.2. The molecule has 0 aliphatic heterocycles. The summed E-state index contributed by atoms with van der Waals surface area (Å²) in [7, 11) is -2.81. The van der Waals surface area contributed by atoms with Crippen LogP contribution < -0.4 is 19.1 Å². The zero-order valence-corrected chi connectivity index (χ0v) is 18.4. The second-order valence-electron chi connectivity index (χ2n) is 6.62. The number of carbonyl (C=O) groups is 1. The minimum atomic E-state index is -4.26. The summed E-state index contributed by atoms with van der Waals surface area (Å²) in [4.78, 5) is 12.7. The second-order valence-corrected chi connectivity index (χ2v) is 8.48. The molecule has 0 fully saturated rings. The number of halogens is 1. The Morgan fingerprint density at radius 3 is 2.31 bits per heavy atom. The Balaban J connectivity index is 1.95. The number of amides is 1. The predicted molar refractivity (Wildman–Crippen MR) is 120 cm³/mol. The van der Waals surface area contributed by atoms with Crippen LogP contribution in [-0.4, -0.2) is 34.6 Å². The minimum Gasteiger partial charge on any atom is -0.497 e. The van der Waals surface area contributed by atoms with Crippen molar-refractivity contribution < 1.29 is 27.1 Å². The first-order chi connectivity index (χ1) is 15.4. The molecule has 3 rings (SSSR count). The number of rotatable bonds is 9. The van der Waals surface area contributed by atoms with E-state index in [4.69, 9.17) is 9.47 Å². The van der Waals surface area contributed by atoms with Crippen molar-refractivity contribution in [3.63, 3.8) is 0 Å². The van der Waals surface area contributed by atoms with Crippen molar-refractivity contribution in [3.8, 4) is 11.5 Å². The number of methoxy groups -OCH3 is 1. The molecule has 0 bridgehead atoms. The maximum absolute atomic E-state index is 14.6. The van der Waals surface area contributed by atoms with Crippen molar-refractivity contribution in [3.05, 3.63) is 78.6 Å². The summed E-state index contributed by atoms with van der Waals surface area (Å²) in [5, 5.41) is 2.64. The van der Waals surface area contributed by atoms with Crippen LogP contribution >= 0.6 is 0 Å². The van der Waals surface area contributed by atoms with Crippen molar-refractivity contribution >= 4 is 27.3 Å². The van der Waals surface area contributed by atoms with Gasteiger partial charge in [-0.15, -0.1) is 0 Å². The lowest BCUT2D eigenvalue weighted by Crippen LogP contribution is -2.38. The molecule has 7 nitrogen and oxygen atoms in total.